The lowest BCUT2D eigenvalue weighted by Crippen LogP contribution is -2.32. The van der Waals surface area contributed by atoms with Crippen LogP contribution in [-0.4, -0.2) is 19.6 Å². The van der Waals surface area contributed by atoms with Gasteiger partial charge in [-0.15, -0.1) is 11.3 Å². The van der Waals surface area contributed by atoms with Gasteiger partial charge in [-0.1, -0.05) is 26.2 Å². The van der Waals surface area contributed by atoms with E-state index in [1.807, 2.05) is 6.92 Å². The zero-order chi connectivity index (χ0) is 14.5. The first-order chi connectivity index (χ1) is 8.90. The summed E-state index contributed by atoms with van der Waals surface area (Å²) in [4.78, 5) is 1.69. The van der Waals surface area contributed by atoms with Crippen LogP contribution in [0.2, 0.25) is 0 Å². The highest BCUT2D eigenvalue weighted by atomic mass is 32.2. The van der Waals surface area contributed by atoms with Crippen molar-refractivity contribution in [1.29, 1.82) is 0 Å². The van der Waals surface area contributed by atoms with Gasteiger partial charge < -0.3 is 5.11 Å². The number of hydrogen-bond acceptors (Lipinski definition) is 4. The van der Waals surface area contributed by atoms with Gasteiger partial charge >= 0.3 is 0 Å². The first-order valence-corrected chi connectivity index (χ1v) is 8.93. The molecule has 0 saturated carbocycles. The Morgan fingerprint density at radius 3 is 2.63 bits per heavy atom. The van der Waals surface area contributed by atoms with Crippen molar-refractivity contribution in [3.05, 3.63) is 15.8 Å². The number of thiophene rings is 1. The van der Waals surface area contributed by atoms with Crippen LogP contribution in [0.1, 0.15) is 49.3 Å². The summed E-state index contributed by atoms with van der Waals surface area (Å²) in [6, 6.07) is 1.50. The highest BCUT2D eigenvalue weighted by Crippen LogP contribution is 2.26. The lowest BCUT2D eigenvalue weighted by molar-refractivity contribution is 0.285. The summed E-state index contributed by atoms with van der Waals surface area (Å²) < 4.78 is 27.2. The van der Waals surface area contributed by atoms with Crippen molar-refractivity contribution >= 4 is 21.4 Å². The van der Waals surface area contributed by atoms with E-state index in [0.29, 0.717) is 9.77 Å². The van der Waals surface area contributed by atoms with Gasteiger partial charge in [0.15, 0.2) is 0 Å². The molecular weight excluding hydrogens is 282 g/mol. The van der Waals surface area contributed by atoms with Crippen molar-refractivity contribution in [1.82, 2.24) is 4.72 Å². The molecule has 110 valence electrons. The topological polar surface area (TPSA) is 66.4 Å². The van der Waals surface area contributed by atoms with Crippen LogP contribution in [0.5, 0.6) is 0 Å². The van der Waals surface area contributed by atoms with Crippen molar-refractivity contribution in [3.63, 3.8) is 0 Å². The van der Waals surface area contributed by atoms with Gasteiger partial charge in [-0.25, -0.2) is 13.1 Å². The van der Waals surface area contributed by atoms with Gasteiger partial charge in [0.25, 0.3) is 0 Å². The fourth-order valence-electron chi connectivity index (χ4n) is 1.96. The molecule has 1 rings (SSSR count). The number of nitrogens with one attached hydrogen (secondary N) is 1. The Labute approximate surface area is 119 Å². The van der Waals surface area contributed by atoms with Crippen molar-refractivity contribution in [2.45, 2.75) is 64.0 Å². The molecule has 0 amide bonds. The molecule has 2 N–H and O–H groups in total. The summed E-state index contributed by atoms with van der Waals surface area (Å²) in [5.74, 6) is 0. The fourth-order valence-corrected chi connectivity index (χ4v) is 4.73. The van der Waals surface area contributed by atoms with E-state index in [9.17, 15) is 8.42 Å². The van der Waals surface area contributed by atoms with Crippen LogP contribution in [0.4, 0.5) is 0 Å². The van der Waals surface area contributed by atoms with Gasteiger partial charge in [-0.2, -0.15) is 0 Å². The number of unbranched alkanes of at least 4 members (excludes halogenated alkanes) is 2. The maximum atomic E-state index is 12.2. The first-order valence-electron chi connectivity index (χ1n) is 6.63. The van der Waals surface area contributed by atoms with E-state index >= 15 is 0 Å². The Morgan fingerprint density at radius 2 is 2.11 bits per heavy atom. The minimum Gasteiger partial charge on any atom is -0.391 e. The number of sulfonamides is 1. The molecule has 0 aliphatic rings. The predicted octanol–water partition coefficient (Wildman–Crippen LogP) is 2.80. The Hall–Kier alpha value is -0.430. The number of aliphatic hydroxyl groups excluding tert-OH is 1. The van der Waals surface area contributed by atoms with Crippen LogP contribution < -0.4 is 4.72 Å². The third kappa shape index (κ3) is 4.87. The molecule has 1 unspecified atom stereocenters. The van der Waals surface area contributed by atoms with Crippen LogP contribution in [-0.2, 0) is 16.6 Å². The summed E-state index contributed by atoms with van der Waals surface area (Å²) in [5, 5.41) is 9.06. The molecule has 1 aromatic heterocycles. The van der Waals surface area contributed by atoms with Crippen molar-refractivity contribution in [2.75, 3.05) is 0 Å². The summed E-state index contributed by atoms with van der Waals surface area (Å²) in [6.45, 7) is 5.66. The van der Waals surface area contributed by atoms with Crippen molar-refractivity contribution in [3.8, 4) is 0 Å². The predicted molar refractivity (Wildman–Crippen MR) is 78.9 cm³/mol. The van der Waals surface area contributed by atoms with Crippen LogP contribution in [0.3, 0.4) is 0 Å². The van der Waals surface area contributed by atoms with E-state index in [1.165, 1.54) is 11.3 Å². The van der Waals surface area contributed by atoms with Gasteiger partial charge in [-0.3, -0.25) is 0 Å². The second kappa shape index (κ2) is 7.38. The lowest BCUT2D eigenvalue weighted by Gasteiger charge is -2.13. The molecule has 0 aliphatic heterocycles. The molecule has 19 heavy (non-hydrogen) atoms. The molecular formula is C13H23NO3S2. The van der Waals surface area contributed by atoms with E-state index < -0.39 is 10.0 Å². The Kier molecular flexibility index (Phi) is 6.46. The van der Waals surface area contributed by atoms with Crippen LogP contribution in [0.15, 0.2) is 11.0 Å². The maximum absolute atomic E-state index is 12.2. The highest BCUT2D eigenvalue weighted by molar-refractivity contribution is 7.89. The van der Waals surface area contributed by atoms with E-state index in [-0.39, 0.29) is 12.6 Å². The summed E-state index contributed by atoms with van der Waals surface area (Å²) >= 11 is 1.32. The Balaban J connectivity index is 2.72. The minimum atomic E-state index is -3.47. The van der Waals surface area contributed by atoms with Crippen LogP contribution in [0.25, 0.3) is 0 Å². The molecule has 0 bridgehead atoms. The van der Waals surface area contributed by atoms with Crippen molar-refractivity contribution < 1.29 is 13.5 Å². The number of hydrogen-bond donors (Lipinski definition) is 2. The van der Waals surface area contributed by atoms with Gasteiger partial charge in [-0.05, 0) is 26.3 Å². The van der Waals surface area contributed by atoms with Crippen molar-refractivity contribution in [2.24, 2.45) is 0 Å². The molecule has 1 heterocycles. The summed E-state index contributed by atoms with van der Waals surface area (Å²) in [6.07, 6.45) is 4.13. The van der Waals surface area contributed by atoms with Crippen LogP contribution >= 0.6 is 11.3 Å². The molecule has 0 fully saturated rings. The Bertz CT molecular complexity index is 494. The average Bonchev–Trinajstić information content (AvgIpc) is 2.71. The van der Waals surface area contributed by atoms with E-state index in [0.717, 1.165) is 30.6 Å². The summed E-state index contributed by atoms with van der Waals surface area (Å²) in [5.41, 5.74) is 0. The van der Waals surface area contributed by atoms with E-state index in [4.69, 9.17) is 5.11 Å². The molecule has 1 aromatic rings. The number of rotatable bonds is 8. The average molecular weight is 305 g/mol. The number of aryl methyl sites for hydroxylation is 1. The first kappa shape index (κ1) is 16.6. The largest absolute Gasteiger partial charge is 0.391 e. The molecule has 0 radical (unpaired) electrons. The second-order valence-electron chi connectivity index (χ2n) is 4.81. The van der Waals surface area contributed by atoms with E-state index in [1.54, 1.807) is 13.0 Å². The number of aliphatic hydroxyl groups is 1. The zero-order valence-corrected chi connectivity index (χ0v) is 13.4. The SMILES string of the molecule is CCCCCC(C)NS(=O)(=O)c1cc(CO)sc1C. The summed E-state index contributed by atoms with van der Waals surface area (Å²) in [7, 11) is -3.47. The highest BCUT2D eigenvalue weighted by Gasteiger charge is 2.21. The maximum Gasteiger partial charge on any atom is 0.241 e. The standard InChI is InChI=1S/C13H23NO3S2/c1-4-5-6-7-10(2)14-19(16,17)13-8-12(9-15)18-11(13)3/h8,10,14-15H,4-7,9H2,1-3H3. The monoisotopic (exact) mass is 305 g/mol. The fraction of sp³-hybridized carbons (Fsp3) is 0.692. The van der Waals surface area contributed by atoms with Gasteiger partial charge in [0.2, 0.25) is 10.0 Å². The quantitative estimate of drug-likeness (QED) is 0.726. The molecule has 1 atom stereocenters. The van der Waals surface area contributed by atoms with Gasteiger partial charge in [0.05, 0.1) is 11.5 Å². The third-order valence-electron chi connectivity index (χ3n) is 2.97. The Morgan fingerprint density at radius 1 is 1.42 bits per heavy atom. The molecule has 0 spiro atoms. The second-order valence-corrected chi connectivity index (χ2v) is 7.83. The normalized spacial score (nSPS) is 13.7. The van der Waals surface area contributed by atoms with E-state index in [2.05, 4.69) is 11.6 Å². The molecule has 0 aromatic carbocycles. The minimum absolute atomic E-state index is 0.0616. The smallest absolute Gasteiger partial charge is 0.241 e. The van der Waals surface area contributed by atoms with Gasteiger partial charge in [0.1, 0.15) is 0 Å². The molecule has 6 heteroatoms. The molecule has 4 nitrogen and oxygen atoms in total. The van der Waals surface area contributed by atoms with Gasteiger partial charge in [0, 0.05) is 15.8 Å². The third-order valence-corrected chi connectivity index (χ3v) is 5.85. The molecule has 0 aliphatic carbocycles. The van der Waals surface area contributed by atoms with Crippen LogP contribution in [0, 0.1) is 6.92 Å². The lowest BCUT2D eigenvalue weighted by atomic mass is 10.1. The zero-order valence-electron chi connectivity index (χ0n) is 11.8. The molecule has 0 saturated heterocycles.